The summed E-state index contributed by atoms with van der Waals surface area (Å²) in [7, 11) is 1.39. The van der Waals surface area contributed by atoms with Crippen molar-refractivity contribution >= 4 is 5.97 Å². The molecule has 1 aliphatic carbocycles. The molecule has 0 saturated carbocycles. The Bertz CT molecular complexity index is 189. The van der Waals surface area contributed by atoms with Gasteiger partial charge in [0.2, 0.25) is 0 Å². The number of hydrogen-bond acceptors (Lipinski definition) is 2. The van der Waals surface area contributed by atoms with Crippen LogP contribution in [0.4, 0.5) is 0 Å². The van der Waals surface area contributed by atoms with E-state index in [2.05, 4.69) is 4.74 Å². The molecule has 0 saturated heterocycles. The summed E-state index contributed by atoms with van der Waals surface area (Å²) in [5.41, 5.74) is 1.01. The van der Waals surface area contributed by atoms with Gasteiger partial charge in [0.1, 0.15) is 0 Å². The number of carbonyl (C=O) groups excluding carboxylic acids is 1. The zero-order valence-corrected chi connectivity index (χ0v) is 5.83. The van der Waals surface area contributed by atoms with Gasteiger partial charge in [0.05, 0.1) is 13.5 Å². The van der Waals surface area contributed by atoms with Crippen molar-refractivity contribution in [3.8, 4) is 0 Å². The second-order valence-corrected chi connectivity index (χ2v) is 2.05. The van der Waals surface area contributed by atoms with Gasteiger partial charge in [-0.15, -0.1) is 0 Å². The molecule has 1 radical (unpaired) electrons. The van der Waals surface area contributed by atoms with E-state index >= 15 is 0 Å². The first kappa shape index (κ1) is 7.06. The maximum absolute atomic E-state index is 10.7. The van der Waals surface area contributed by atoms with Crippen LogP contribution in [0, 0.1) is 6.42 Å². The van der Waals surface area contributed by atoms with Crippen molar-refractivity contribution in [1.82, 2.24) is 0 Å². The average Bonchev–Trinajstić information content (AvgIpc) is 2.40. The SMILES string of the molecule is COC(=O)CC1=CC=C[CH]1. The number of rotatable bonds is 2. The van der Waals surface area contributed by atoms with Crippen LogP contribution in [0.2, 0.25) is 0 Å². The normalized spacial score (nSPS) is 15.1. The maximum Gasteiger partial charge on any atom is 0.309 e. The first-order valence-electron chi connectivity index (χ1n) is 3.10. The number of hydrogen-bond donors (Lipinski definition) is 0. The molecule has 0 fully saturated rings. The Labute approximate surface area is 60.2 Å². The van der Waals surface area contributed by atoms with Crippen molar-refractivity contribution in [2.45, 2.75) is 6.42 Å². The molecule has 0 N–H and O–H groups in total. The van der Waals surface area contributed by atoms with E-state index in [1.807, 2.05) is 24.6 Å². The van der Waals surface area contributed by atoms with Gasteiger partial charge in [-0.1, -0.05) is 23.8 Å². The van der Waals surface area contributed by atoms with E-state index in [0.717, 1.165) is 5.57 Å². The number of carbonyl (C=O) groups is 1. The van der Waals surface area contributed by atoms with Gasteiger partial charge < -0.3 is 4.74 Å². The fourth-order valence-electron chi connectivity index (χ4n) is 0.771. The second-order valence-electron chi connectivity index (χ2n) is 2.05. The molecule has 0 aromatic carbocycles. The lowest BCUT2D eigenvalue weighted by Gasteiger charge is -1.97. The Kier molecular flexibility index (Phi) is 2.26. The molecule has 0 aromatic rings. The van der Waals surface area contributed by atoms with Crippen LogP contribution in [-0.2, 0) is 9.53 Å². The number of allylic oxidation sites excluding steroid dienone is 3. The lowest BCUT2D eigenvalue weighted by molar-refractivity contribution is -0.139. The number of ether oxygens (including phenoxy) is 1. The summed E-state index contributed by atoms with van der Waals surface area (Å²) in [5, 5.41) is 0. The zero-order chi connectivity index (χ0) is 7.40. The molecule has 0 bridgehead atoms. The first-order chi connectivity index (χ1) is 4.83. The Morgan fingerprint density at radius 3 is 2.90 bits per heavy atom. The molecule has 0 aliphatic heterocycles. The van der Waals surface area contributed by atoms with Crippen molar-refractivity contribution in [1.29, 1.82) is 0 Å². The van der Waals surface area contributed by atoms with Crippen molar-refractivity contribution in [2.24, 2.45) is 0 Å². The minimum atomic E-state index is -0.189. The van der Waals surface area contributed by atoms with Gasteiger partial charge in [-0.25, -0.2) is 0 Å². The van der Waals surface area contributed by atoms with E-state index < -0.39 is 0 Å². The highest BCUT2D eigenvalue weighted by atomic mass is 16.5. The van der Waals surface area contributed by atoms with Gasteiger partial charge in [0.15, 0.2) is 0 Å². The van der Waals surface area contributed by atoms with Crippen molar-refractivity contribution in [2.75, 3.05) is 7.11 Å². The van der Waals surface area contributed by atoms with Crippen LogP contribution < -0.4 is 0 Å². The van der Waals surface area contributed by atoms with E-state index in [4.69, 9.17) is 0 Å². The van der Waals surface area contributed by atoms with E-state index in [1.165, 1.54) is 7.11 Å². The quantitative estimate of drug-likeness (QED) is 0.535. The molecule has 0 spiro atoms. The third-order valence-corrected chi connectivity index (χ3v) is 1.31. The molecule has 0 atom stereocenters. The zero-order valence-electron chi connectivity index (χ0n) is 5.83. The largest absolute Gasteiger partial charge is 0.469 e. The maximum atomic E-state index is 10.7. The molecule has 0 aromatic heterocycles. The molecule has 1 rings (SSSR count). The smallest absolute Gasteiger partial charge is 0.309 e. The summed E-state index contributed by atoms with van der Waals surface area (Å²) in [4.78, 5) is 10.7. The number of methoxy groups -OCH3 is 1. The molecule has 0 amide bonds. The Hall–Kier alpha value is -1.05. The van der Waals surface area contributed by atoms with Crippen LogP contribution in [0.15, 0.2) is 23.8 Å². The minimum absolute atomic E-state index is 0.189. The number of esters is 1. The monoisotopic (exact) mass is 137 g/mol. The van der Waals surface area contributed by atoms with E-state index in [0.29, 0.717) is 6.42 Å². The second kappa shape index (κ2) is 3.20. The van der Waals surface area contributed by atoms with Gasteiger partial charge in [-0.2, -0.15) is 0 Å². The molecule has 0 heterocycles. The third kappa shape index (κ3) is 1.72. The lowest BCUT2D eigenvalue weighted by atomic mass is 10.2. The molecular formula is C8H9O2. The standard InChI is InChI=1S/C8H9O2/c1-10-8(9)6-7-4-2-3-5-7/h2-5H,6H2,1H3. The van der Waals surface area contributed by atoms with E-state index in [9.17, 15) is 4.79 Å². The molecule has 10 heavy (non-hydrogen) atoms. The fraction of sp³-hybridized carbons (Fsp3) is 0.250. The molecule has 1 aliphatic rings. The highest BCUT2D eigenvalue weighted by Gasteiger charge is 2.05. The highest BCUT2D eigenvalue weighted by molar-refractivity contribution is 5.73. The van der Waals surface area contributed by atoms with Gasteiger partial charge >= 0.3 is 5.97 Å². The summed E-state index contributed by atoms with van der Waals surface area (Å²) in [6, 6.07) is 0. The van der Waals surface area contributed by atoms with Crippen LogP contribution in [0.5, 0.6) is 0 Å². The topological polar surface area (TPSA) is 26.3 Å². The van der Waals surface area contributed by atoms with Crippen molar-refractivity contribution < 1.29 is 9.53 Å². The van der Waals surface area contributed by atoms with Crippen LogP contribution >= 0.6 is 0 Å². The molecule has 53 valence electrons. The molecule has 2 heteroatoms. The van der Waals surface area contributed by atoms with Crippen molar-refractivity contribution in [3.05, 3.63) is 30.2 Å². The first-order valence-corrected chi connectivity index (χ1v) is 3.10. The fourth-order valence-corrected chi connectivity index (χ4v) is 0.771. The molecule has 2 nitrogen and oxygen atoms in total. The summed E-state index contributed by atoms with van der Waals surface area (Å²) < 4.78 is 4.48. The summed E-state index contributed by atoms with van der Waals surface area (Å²) in [5.74, 6) is -0.189. The Morgan fingerprint density at radius 1 is 1.60 bits per heavy atom. The Morgan fingerprint density at radius 2 is 2.40 bits per heavy atom. The van der Waals surface area contributed by atoms with Gasteiger partial charge in [0, 0.05) is 6.42 Å². The highest BCUT2D eigenvalue weighted by Crippen LogP contribution is 2.12. The predicted octanol–water partition coefficient (Wildman–Crippen LogP) is 1.25. The lowest BCUT2D eigenvalue weighted by Crippen LogP contribution is -2.00. The summed E-state index contributed by atoms with van der Waals surface area (Å²) in [6.45, 7) is 0. The minimum Gasteiger partial charge on any atom is -0.469 e. The third-order valence-electron chi connectivity index (χ3n) is 1.31. The Balaban J connectivity index is 2.33. The van der Waals surface area contributed by atoms with E-state index in [-0.39, 0.29) is 5.97 Å². The van der Waals surface area contributed by atoms with Gasteiger partial charge in [-0.05, 0) is 0 Å². The van der Waals surface area contributed by atoms with Crippen LogP contribution in [0.1, 0.15) is 6.42 Å². The van der Waals surface area contributed by atoms with Crippen LogP contribution in [0.3, 0.4) is 0 Å². The van der Waals surface area contributed by atoms with Crippen molar-refractivity contribution in [3.63, 3.8) is 0 Å². The van der Waals surface area contributed by atoms with E-state index in [1.54, 1.807) is 0 Å². The average molecular weight is 137 g/mol. The summed E-state index contributed by atoms with van der Waals surface area (Å²) >= 11 is 0. The van der Waals surface area contributed by atoms with Gasteiger partial charge in [0.25, 0.3) is 0 Å². The predicted molar refractivity (Wildman–Crippen MR) is 38.2 cm³/mol. The molecular weight excluding hydrogens is 128 g/mol. The van der Waals surface area contributed by atoms with Crippen LogP contribution in [0.25, 0.3) is 0 Å². The van der Waals surface area contributed by atoms with Crippen LogP contribution in [-0.4, -0.2) is 13.1 Å². The molecule has 0 unspecified atom stereocenters. The van der Waals surface area contributed by atoms with Gasteiger partial charge in [-0.3, -0.25) is 4.79 Å². The summed E-state index contributed by atoms with van der Waals surface area (Å²) in [6.07, 6.45) is 7.98.